The Morgan fingerprint density at radius 2 is 1.59 bits per heavy atom. The standard InChI is InChI=1S/C10H14N2O5/c1-3-17-9(14)5-7-12-10(15)11-6-4-8(13)16-2/h4-7H,3H2,1-2H3,(H2,11,12,15). The number of esters is 2. The molecule has 17 heavy (non-hydrogen) atoms. The molecule has 0 aromatic heterocycles. The van der Waals surface area contributed by atoms with E-state index in [9.17, 15) is 14.4 Å². The van der Waals surface area contributed by atoms with E-state index >= 15 is 0 Å². The number of methoxy groups -OCH3 is 1. The number of amides is 2. The molecular formula is C10H14N2O5. The second-order valence-electron chi connectivity index (χ2n) is 2.56. The lowest BCUT2D eigenvalue weighted by molar-refractivity contribution is -0.137. The van der Waals surface area contributed by atoms with Crippen LogP contribution in [0.5, 0.6) is 0 Å². The highest BCUT2D eigenvalue weighted by molar-refractivity contribution is 5.84. The second-order valence-corrected chi connectivity index (χ2v) is 2.56. The smallest absolute Gasteiger partial charge is 0.332 e. The zero-order valence-corrected chi connectivity index (χ0v) is 9.56. The van der Waals surface area contributed by atoms with Crippen molar-refractivity contribution >= 4 is 18.0 Å². The molecule has 0 saturated carbocycles. The summed E-state index contributed by atoms with van der Waals surface area (Å²) in [5.74, 6) is -1.15. The minimum Gasteiger partial charge on any atom is -0.466 e. The molecule has 2 amide bonds. The number of carbonyl (C=O) groups is 3. The van der Waals surface area contributed by atoms with Crippen LogP contribution in [0, 0.1) is 0 Å². The molecule has 0 spiro atoms. The summed E-state index contributed by atoms with van der Waals surface area (Å²) in [5, 5.41) is 4.45. The van der Waals surface area contributed by atoms with Gasteiger partial charge in [-0.05, 0) is 6.92 Å². The molecule has 0 bridgehead atoms. The molecule has 7 nitrogen and oxygen atoms in total. The first kappa shape index (κ1) is 14.7. The second kappa shape index (κ2) is 8.96. The highest BCUT2D eigenvalue weighted by Crippen LogP contribution is 1.79. The molecule has 2 N–H and O–H groups in total. The van der Waals surface area contributed by atoms with Gasteiger partial charge in [-0.2, -0.15) is 0 Å². The zero-order chi connectivity index (χ0) is 13.1. The van der Waals surface area contributed by atoms with Crippen molar-refractivity contribution < 1.29 is 23.9 Å². The van der Waals surface area contributed by atoms with Crippen LogP contribution in [0.4, 0.5) is 4.79 Å². The molecule has 0 saturated heterocycles. The number of ether oxygens (including phenoxy) is 2. The number of carbonyl (C=O) groups excluding carboxylic acids is 3. The Morgan fingerprint density at radius 1 is 1.06 bits per heavy atom. The monoisotopic (exact) mass is 242 g/mol. The van der Waals surface area contributed by atoms with Crippen molar-refractivity contribution in [3.05, 3.63) is 24.6 Å². The van der Waals surface area contributed by atoms with E-state index in [1.165, 1.54) is 7.11 Å². The minimum absolute atomic E-state index is 0.261. The molecule has 0 atom stereocenters. The van der Waals surface area contributed by atoms with Gasteiger partial charge in [-0.1, -0.05) is 0 Å². The Hall–Kier alpha value is -2.31. The SMILES string of the molecule is CCOC(=O)C=CNC(=O)NC=CC(=O)OC. The lowest BCUT2D eigenvalue weighted by Crippen LogP contribution is -2.28. The Balaban J connectivity index is 3.84. The number of rotatable bonds is 5. The Morgan fingerprint density at radius 3 is 2.06 bits per heavy atom. The summed E-state index contributed by atoms with van der Waals surface area (Å²) in [5.41, 5.74) is 0. The van der Waals surface area contributed by atoms with Gasteiger partial charge in [0.1, 0.15) is 0 Å². The molecule has 0 heterocycles. The average Bonchev–Trinajstić information content (AvgIpc) is 2.29. The van der Waals surface area contributed by atoms with Gasteiger partial charge >= 0.3 is 18.0 Å². The Kier molecular flexibility index (Phi) is 7.74. The Bertz CT molecular complexity index is 336. The van der Waals surface area contributed by atoms with Crippen LogP contribution in [0.2, 0.25) is 0 Å². The molecule has 0 aliphatic heterocycles. The van der Waals surface area contributed by atoms with Crippen LogP contribution in [0.1, 0.15) is 6.92 Å². The van der Waals surface area contributed by atoms with E-state index in [0.717, 1.165) is 24.6 Å². The first-order valence-corrected chi connectivity index (χ1v) is 4.75. The molecule has 0 aromatic carbocycles. The number of hydrogen-bond acceptors (Lipinski definition) is 5. The van der Waals surface area contributed by atoms with Crippen LogP contribution in [0.3, 0.4) is 0 Å². The van der Waals surface area contributed by atoms with Gasteiger partial charge in [0.25, 0.3) is 0 Å². The lowest BCUT2D eigenvalue weighted by Gasteiger charge is -1.98. The molecule has 94 valence electrons. The predicted octanol–water partition coefficient (Wildman–Crippen LogP) is 0.0491. The highest BCUT2D eigenvalue weighted by Gasteiger charge is 1.96. The quantitative estimate of drug-likeness (QED) is 0.524. The van der Waals surface area contributed by atoms with Crippen molar-refractivity contribution in [2.75, 3.05) is 13.7 Å². The molecule has 0 fully saturated rings. The van der Waals surface area contributed by atoms with Crippen molar-refractivity contribution in [1.82, 2.24) is 10.6 Å². The summed E-state index contributed by atoms with van der Waals surface area (Å²) in [7, 11) is 1.22. The van der Waals surface area contributed by atoms with E-state index in [-0.39, 0.29) is 6.61 Å². The molecule has 0 rings (SSSR count). The normalized spacial score (nSPS) is 10.2. The van der Waals surface area contributed by atoms with E-state index in [4.69, 9.17) is 0 Å². The van der Waals surface area contributed by atoms with Crippen LogP contribution in [-0.2, 0) is 19.1 Å². The van der Waals surface area contributed by atoms with Crippen LogP contribution in [0.25, 0.3) is 0 Å². The summed E-state index contributed by atoms with van der Waals surface area (Å²) >= 11 is 0. The maximum atomic E-state index is 11.0. The highest BCUT2D eigenvalue weighted by atomic mass is 16.5. The third-order valence-electron chi connectivity index (χ3n) is 1.36. The minimum atomic E-state index is -0.606. The molecule has 0 unspecified atom stereocenters. The van der Waals surface area contributed by atoms with Crippen molar-refractivity contribution in [2.24, 2.45) is 0 Å². The molecule has 0 aromatic rings. The van der Waals surface area contributed by atoms with Crippen molar-refractivity contribution in [2.45, 2.75) is 6.92 Å². The summed E-state index contributed by atoms with van der Waals surface area (Å²) in [6.45, 7) is 1.93. The molecule has 7 heteroatoms. The third-order valence-corrected chi connectivity index (χ3v) is 1.36. The summed E-state index contributed by atoms with van der Waals surface area (Å²) in [6.07, 6.45) is 4.33. The third kappa shape index (κ3) is 8.67. The fraction of sp³-hybridized carbons (Fsp3) is 0.300. The summed E-state index contributed by atoms with van der Waals surface area (Å²) in [4.78, 5) is 32.4. The number of nitrogens with one attached hydrogen (secondary N) is 2. The van der Waals surface area contributed by atoms with E-state index in [1.54, 1.807) is 6.92 Å². The van der Waals surface area contributed by atoms with E-state index in [0.29, 0.717) is 0 Å². The maximum absolute atomic E-state index is 11.0. The summed E-state index contributed by atoms with van der Waals surface area (Å²) < 4.78 is 8.88. The van der Waals surface area contributed by atoms with E-state index in [1.807, 2.05) is 0 Å². The topological polar surface area (TPSA) is 93.7 Å². The summed E-state index contributed by atoms with van der Waals surface area (Å²) in [6, 6.07) is -0.606. The molecule has 0 aliphatic rings. The Labute approximate surface area is 98.5 Å². The fourth-order valence-corrected chi connectivity index (χ4v) is 0.671. The fourth-order valence-electron chi connectivity index (χ4n) is 0.671. The van der Waals surface area contributed by atoms with Gasteiger partial charge < -0.3 is 20.1 Å². The van der Waals surface area contributed by atoms with Crippen molar-refractivity contribution in [1.29, 1.82) is 0 Å². The molecule has 0 radical (unpaired) electrons. The van der Waals surface area contributed by atoms with E-state index in [2.05, 4.69) is 20.1 Å². The first-order valence-electron chi connectivity index (χ1n) is 4.75. The van der Waals surface area contributed by atoms with Crippen molar-refractivity contribution in [3.8, 4) is 0 Å². The van der Waals surface area contributed by atoms with Gasteiger partial charge in [-0.15, -0.1) is 0 Å². The van der Waals surface area contributed by atoms with Gasteiger partial charge in [0.05, 0.1) is 13.7 Å². The van der Waals surface area contributed by atoms with Gasteiger partial charge in [0.15, 0.2) is 0 Å². The zero-order valence-electron chi connectivity index (χ0n) is 9.56. The van der Waals surface area contributed by atoms with Crippen molar-refractivity contribution in [3.63, 3.8) is 0 Å². The number of urea groups is 1. The van der Waals surface area contributed by atoms with Crippen LogP contribution in [0.15, 0.2) is 24.6 Å². The average molecular weight is 242 g/mol. The van der Waals surface area contributed by atoms with Gasteiger partial charge in [-0.25, -0.2) is 14.4 Å². The van der Waals surface area contributed by atoms with E-state index < -0.39 is 18.0 Å². The maximum Gasteiger partial charge on any atom is 0.332 e. The molecular weight excluding hydrogens is 228 g/mol. The van der Waals surface area contributed by atoms with Crippen LogP contribution >= 0.6 is 0 Å². The predicted molar refractivity (Wildman–Crippen MR) is 58.6 cm³/mol. The van der Waals surface area contributed by atoms with Crippen LogP contribution < -0.4 is 10.6 Å². The van der Waals surface area contributed by atoms with Crippen LogP contribution in [-0.4, -0.2) is 31.7 Å². The first-order chi connectivity index (χ1) is 8.10. The van der Waals surface area contributed by atoms with Gasteiger partial charge in [0.2, 0.25) is 0 Å². The number of hydrogen-bond donors (Lipinski definition) is 2. The van der Waals surface area contributed by atoms with Gasteiger partial charge in [0, 0.05) is 24.6 Å². The molecule has 0 aliphatic carbocycles. The van der Waals surface area contributed by atoms with Gasteiger partial charge in [-0.3, -0.25) is 0 Å². The largest absolute Gasteiger partial charge is 0.466 e. The lowest BCUT2D eigenvalue weighted by atomic mass is 10.6.